The number of hydrogen-bond acceptors (Lipinski definition) is 4. The van der Waals surface area contributed by atoms with Crippen LogP contribution in [0.25, 0.3) is 0 Å². The lowest BCUT2D eigenvalue weighted by atomic mass is 10.2. The molecule has 0 aliphatic carbocycles. The Labute approximate surface area is 133 Å². The monoisotopic (exact) mass is 337 g/mol. The van der Waals surface area contributed by atoms with E-state index >= 15 is 0 Å². The average molecular weight is 338 g/mol. The fraction of sp³-hybridized carbons (Fsp3) is 0.133. The van der Waals surface area contributed by atoms with Crippen molar-refractivity contribution in [1.82, 2.24) is 0 Å². The molecule has 0 spiro atoms. The molecule has 0 fully saturated rings. The molecule has 0 bridgehead atoms. The molecule has 0 aromatic heterocycles. The summed E-state index contributed by atoms with van der Waals surface area (Å²) in [6.45, 7) is 0.821. The Balaban J connectivity index is 1.96. The van der Waals surface area contributed by atoms with Crippen molar-refractivity contribution in [3.05, 3.63) is 54.1 Å². The van der Waals surface area contributed by atoms with Crippen molar-refractivity contribution in [1.29, 1.82) is 0 Å². The normalized spacial score (nSPS) is 14.7. The molecule has 22 heavy (non-hydrogen) atoms. The Morgan fingerprint density at radius 2 is 1.68 bits per heavy atom. The lowest BCUT2D eigenvalue weighted by molar-refractivity contribution is 0.171. The number of sulfonamides is 1. The van der Waals surface area contributed by atoms with Crippen molar-refractivity contribution in [2.45, 2.75) is 4.90 Å². The Morgan fingerprint density at radius 3 is 2.41 bits per heavy atom. The SMILES string of the molecule is O=S(=O)(/N=C(/Cl)c1ccccc1)c1ccc2c(c1)OCCO2. The van der Waals surface area contributed by atoms with Crippen LogP contribution in [0.3, 0.4) is 0 Å². The molecule has 1 heterocycles. The first-order valence-corrected chi connectivity index (χ1v) is 8.33. The van der Waals surface area contributed by atoms with Crippen LogP contribution in [0.1, 0.15) is 5.56 Å². The van der Waals surface area contributed by atoms with Gasteiger partial charge in [0.05, 0.1) is 4.90 Å². The minimum absolute atomic E-state index is 0.00540. The summed E-state index contributed by atoms with van der Waals surface area (Å²) < 4.78 is 39.1. The van der Waals surface area contributed by atoms with Gasteiger partial charge in [0.25, 0.3) is 10.0 Å². The van der Waals surface area contributed by atoms with E-state index in [-0.39, 0.29) is 10.1 Å². The molecular weight excluding hydrogens is 326 g/mol. The zero-order valence-electron chi connectivity index (χ0n) is 11.4. The van der Waals surface area contributed by atoms with Gasteiger partial charge in [-0.1, -0.05) is 41.9 Å². The molecule has 0 saturated heterocycles. The second kappa shape index (κ2) is 5.98. The van der Waals surface area contributed by atoms with E-state index in [4.69, 9.17) is 21.1 Å². The second-order valence-electron chi connectivity index (χ2n) is 4.53. The van der Waals surface area contributed by atoms with Crippen molar-refractivity contribution < 1.29 is 17.9 Å². The Hall–Kier alpha value is -2.05. The number of hydrogen-bond donors (Lipinski definition) is 0. The van der Waals surface area contributed by atoms with Gasteiger partial charge in [-0.15, -0.1) is 4.40 Å². The molecule has 0 saturated carbocycles. The number of nitrogens with zero attached hydrogens (tertiary/aromatic N) is 1. The smallest absolute Gasteiger partial charge is 0.283 e. The van der Waals surface area contributed by atoms with Crippen LogP contribution in [-0.4, -0.2) is 26.8 Å². The molecule has 5 nitrogen and oxygen atoms in total. The highest BCUT2D eigenvalue weighted by molar-refractivity contribution is 7.90. The van der Waals surface area contributed by atoms with Crippen molar-refractivity contribution in [3.8, 4) is 11.5 Å². The topological polar surface area (TPSA) is 65.0 Å². The molecule has 114 valence electrons. The summed E-state index contributed by atoms with van der Waals surface area (Å²) in [6.07, 6.45) is 0. The van der Waals surface area contributed by atoms with Gasteiger partial charge in [0.15, 0.2) is 11.5 Å². The fourth-order valence-electron chi connectivity index (χ4n) is 1.97. The zero-order chi connectivity index (χ0) is 15.6. The molecule has 1 aliphatic rings. The highest BCUT2D eigenvalue weighted by atomic mass is 35.5. The zero-order valence-corrected chi connectivity index (χ0v) is 13.0. The molecule has 0 atom stereocenters. The third-order valence-electron chi connectivity index (χ3n) is 3.02. The number of benzene rings is 2. The van der Waals surface area contributed by atoms with Crippen molar-refractivity contribution in [2.24, 2.45) is 4.40 Å². The highest BCUT2D eigenvalue weighted by Gasteiger charge is 2.19. The van der Waals surface area contributed by atoms with Gasteiger partial charge in [-0.2, -0.15) is 8.42 Å². The molecule has 2 aromatic rings. The summed E-state index contributed by atoms with van der Waals surface area (Å²) in [4.78, 5) is 0.00540. The Kier molecular flexibility index (Phi) is 4.04. The van der Waals surface area contributed by atoms with E-state index in [2.05, 4.69) is 4.40 Å². The average Bonchev–Trinajstić information content (AvgIpc) is 2.55. The summed E-state index contributed by atoms with van der Waals surface area (Å²) in [5, 5.41) is -0.0875. The highest BCUT2D eigenvalue weighted by Crippen LogP contribution is 2.32. The van der Waals surface area contributed by atoms with E-state index in [9.17, 15) is 8.42 Å². The van der Waals surface area contributed by atoms with Gasteiger partial charge in [0.2, 0.25) is 0 Å². The van der Waals surface area contributed by atoms with Gasteiger partial charge in [-0.3, -0.25) is 0 Å². The molecule has 3 rings (SSSR count). The van der Waals surface area contributed by atoms with Crippen LogP contribution in [-0.2, 0) is 10.0 Å². The molecule has 0 radical (unpaired) electrons. The third-order valence-corrected chi connectivity index (χ3v) is 4.70. The van der Waals surface area contributed by atoms with E-state index < -0.39 is 10.0 Å². The minimum atomic E-state index is -3.92. The Bertz CT molecular complexity index is 819. The maximum Gasteiger partial charge on any atom is 0.283 e. The number of halogens is 1. The first-order chi connectivity index (χ1) is 10.6. The van der Waals surface area contributed by atoms with Crippen LogP contribution >= 0.6 is 11.6 Å². The number of rotatable bonds is 3. The second-order valence-corrected chi connectivity index (χ2v) is 6.49. The maximum absolute atomic E-state index is 12.3. The fourth-order valence-corrected chi connectivity index (χ4v) is 3.29. The van der Waals surface area contributed by atoms with Crippen molar-refractivity contribution in [2.75, 3.05) is 13.2 Å². The van der Waals surface area contributed by atoms with Gasteiger partial charge in [-0.25, -0.2) is 0 Å². The van der Waals surface area contributed by atoms with E-state index in [0.717, 1.165) is 0 Å². The molecule has 7 heteroatoms. The summed E-state index contributed by atoms with van der Waals surface area (Å²) in [7, 11) is -3.92. The van der Waals surface area contributed by atoms with E-state index in [1.54, 1.807) is 30.3 Å². The maximum atomic E-state index is 12.3. The van der Waals surface area contributed by atoms with Gasteiger partial charge >= 0.3 is 0 Å². The van der Waals surface area contributed by atoms with Crippen LogP contribution in [0.4, 0.5) is 0 Å². The van der Waals surface area contributed by atoms with E-state index in [1.807, 2.05) is 6.07 Å². The van der Waals surface area contributed by atoms with Crippen LogP contribution in [0.2, 0.25) is 0 Å². The Morgan fingerprint density at radius 1 is 1.00 bits per heavy atom. The molecule has 0 amide bonds. The van der Waals surface area contributed by atoms with Crippen LogP contribution in [0, 0.1) is 0 Å². The number of ether oxygens (including phenoxy) is 2. The van der Waals surface area contributed by atoms with Crippen LogP contribution in [0.5, 0.6) is 11.5 Å². The van der Waals surface area contributed by atoms with Gasteiger partial charge in [-0.05, 0) is 12.1 Å². The summed E-state index contributed by atoms with van der Waals surface area (Å²) in [5.74, 6) is 0.904. The lowest BCUT2D eigenvalue weighted by Gasteiger charge is -2.18. The molecule has 0 N–H and O–H groups in total. The van der Waals surface area contributed by atoms with Crippen molar-refractivity contribution >= 4 is 26.8 Å². The van der Waals surface area contributed by atoms with Gasteiger partial charge < -0.3 is 9.47 Å². The van der Waals surface area contributed by atoms with Crippen LogP contribution in [0.15, 0.2) is 57.8 Å². The van der Waals surface area contributed by atoms with Crippen LogP contribution < -0.4 is 9.47 Å². The van der Waals surface area contributed by atoms with E-state index in [0.29, 0.717) is 30.3 Å². The predicted octanol–water partition coefficient (Wildman–Crippen LogP) is 2.83. The summed E-state index contributed by atoms with van der Waals surface area (Å²) in [6, 6.07) is 13.0. The standard InChI is InChI=1S/C15H12ClNO4S/c16-15(11-4-2-1-3-5-11)17-22(18,19)12-6-7-13-14(10-12)21-9-8-20-13/h1-7,10H,8-9H2/b17-15+. The first kappa shape index (κ1) is 14.9. The summed E-state index contributed by atoms with van der Waals surface area (Å²) >= 11 is 6.00. The molecule has 1 aliphatic heterocycles. The minimum Gasteiger partial charge on any atom is -0.486 e. The predicted molar refractivity (Wildman–Crippen MR) is 83.4 cm³/mol. The first-order valence-electron chi connectivity index (χ1n) is 6.52. The largest absolute Gasteiger partial charge is 0.486 e. The van der Waals surface area contributed by atoms with Crippen molar-refractivity contribution in [3.63, 3.8) is 0 Å². The molecule has 0 unspecified atom stereocenters. The lowest BCUT2D eigenvalue weighted by Crippen LogP contribution is -2.15. The molecular formula is C15H12ClNO4S. The third kappa shape index (κ3) is 3.08. The summed E-state index contributed by atoms with van der Waals surface area (Å²) in [5.41, 5.74) is 0.533. The van der Waals surface area contributed by atoms with E-state index in [1.165, 1.54) is 12.1 Å². The molecule has 2 aromatic carbocycles. The quantitative estimate of drug-likeness (QED) is 0.808. The van der Waals surface area contributed by atoms with Gasteiger partial charge in [0, 0.05) is 11.6 Å². The van der Waals surface area contributed by atoms with Gasteiger partial charge in [0.1, 0.15) is 18.4 Å². The number of fused-ring (bicyclic) bond motifs is 1.